The summed E-state index contributed by atoms with van der Waals surface area (Å²) < 4.78 is 22.2. The lowest BCUT2D eigenvalue weighted by molar-refractivity contribution is -0.122. The molecular formula is C8H12N2O3S2. The molecular weight excluding hydrogens is 236 g/mol. The minimum absolute atomic E-state index is 0.0153. The molecule has 2 heterocycles. The molecule has 0 spiro atoms. The first-order valence-corrected chi connectivity index (χ1v) is 7.46. The van der Waals surface area contributed by atoms with Gasteiger partial charge in [0.05, 0.1) is 17.8 Å². The SMILES string of the molecule is O=C(NC1C=CS(=O)(=O)C1)C1CSCN1. The van der Waals surface area contributed by atoms with Gasteiger partial charge in [-0.05, 0) is 6.08 Å². The molecule has 1 saturated heterocycles. The third-order valence-corrected chi connectivity index (χ3v) is 4.63. The molecule has 0 aromatic heterocycles. The van der Waals surface area contributed by atoms with Crippen LogP contribution in [0.25, 0.3) is 0 Å². The van der Waals surface area contributed by atoms with Crippen molar-refractivity contribution in [2.45, 2.75) is 12.1 Å². The van der Waals surface area contributed by atoms with Gasteiger partial charge in [-0.1, -0.05) is 0 Å². The van der Waals surface area contributed by atoms with E-state index in [4.69, 9.17) is 0 Å². The molecule has 2 rings (SSSR count). The Labute approximate surface area is 92.6 Å². The van der Waals surface area contributed by atoms with E-state index in [0.29, 0.717) is 0 Å². The van der Waals surface area contributed by atoms with E-state index in [2.05, 4.69) is 10.6 Å². The molecule has 0 bridgehead atoms. The normalized spacial score (nSPS) is 33.1. The molecule has 84 valence electrons. The Kier molecular flexibility index (Phi) is 3.03. The maximum atomic E-state index is 11.6. The van der Waals surface area contributed by atoms with Gasteiger partial charge in [-0.25, -0.2) is 8.42 Å². The number of nitrogens with one attached hydrogen (secondary N) is 2. The molecule has 2 aliphatic heterocycles. The summed E-state index contributed by atoms with van der Waals surface area (Å²) >= 11 is 1.66. The van der Waals surface area contributed by atoms with Crippen LogP contribution >= 0.6 is 11.8 Å². The fraction of sp³-hybridized carbons (Fsp3) is 0.625. The van der Waals surface area contributed by atoms with Crippen LogP contribution in [0.1, 0.15) is 0 Å². The Morgan fingerprint density at radius 2 is 2.33 bits per heavy atom. The van der Waals surface area contributed by atoms with E-state index in [1.54, 1.807) is 11.8 Å². The molecule has 0 aliphatic carbocycles. The number of sulfone groups is 1. The Morgan fingerprint density at radius 1 is 1.53 bits per heavy atom. The minimum Gasteiger partial charge on any atom is -0.347 e. The number of carbonyl (C=O) groups excluding carboxylic acids is 1. The molecule has 1 amide bonds. The van der Waals surface area contributed by atoms with Crippen LogP contribution < -0.4 is 10.6 Å². The predicted octanol–water partition coefficient (Wildman–Crippen LogP) is -0.924. The second-order valence-corrected chi connectivity index (χ2v) is 6.51. The summed E-state index contributed by atoms with van der Waals surface area (Å²) in [6.45, 7) is 0. The summed E-state index contributed by atoms with van der Waals surface area (Å²) in [6.07, 6.45) is 1.52. The minimum atomic E-state index is -3.09. The zero-order valence-corrected chi connectivity index (χ0v) is 9.60. The standard InChI is InChI=1S/C8H12N2O3S2/c11-8(7-3-14-5-9-7)10-6-1-2-15(12,13)4-6/h1-2,6-7,9H,3-5H2,(H,10,11). The molecule has 0 saturated carbocycles. The molecule has 2 aliphatic rings. The summed E-state index contributed by atoms with van der Waals surface area (Å²) in [7, 11) is -3.09. The van der Waals surface area contributed by atoms with Crippen LogP contribution in [0.5, 0.6) is 0 Å². The molecule has 1 fully saturated rings. The Bertz CT molecular complexity index is 385. The van der Waals surface area contributed by atoms with Gasteiger partial charge in [0.25, 0.3) is 0 Å². The van der Waals surface area contributed by atoms with Gasteiger partial charge < -0.3 is 5.32 Å². The van der Waals surface area contributed by atoms with Gasteiger partial charge in [0.15, 0.2) is 9.84 Å². The highest BCUT2D eigenvalue weighted by Gasteiger charge is 2.27. The highest BCUT2D eigenvalue weighted by molar-refractivity contribution is 7.99. The maximum Gasteiger partial charge on any atom is 0.238 e. The van der Waals surface area contributed by atoms with Crippen molar-refractivity contribution in [3.63, 3.8) is 0 Å². The topological polar surface area (TPSA) is 75.3 Å². The molecule has 0 aromatic rings. The first-order chi connectivity index (χ1) is 7.07. The van der Waals surface area contributed by atoms with Gasteiger partial charge in [-0.15, -0.1) is 11.8 Å². The number of amides is 1. The van der Waals surface area contributed by atoms with E-state index in [1.165, 1.54) is 6.08 Å². The van der Waals surface area contributed by atoms with Crippen molar-refractivity contribution in [3.05, 3.63) is 11.5 Å². The largest absolute Gasteiger partial charge is 0.347 e. The average molecular weight is 248 g/mol. The molecule has 7 heteroatoms. The summed E-state index contributed by atoms with van der Waals surface area (Å²) in [5.74, 6) is 1.39. The van der Waals surface area contributed by atoms with Crippen molar-refractivity contribution >= 4 is 27.5 Å². The van der Waals surface area contributed by atoms with Crippen LogP contribution in [0.4, 0.5) is 0 Å². The number of carbonyl (C=O) groups is 1. The van der Waals surface area contributed by atoms with Crippen LogP contribution in [0.15, 0.2) is 11.5 Å². The smallest absolute Gasteiger partial charge is 0.238 e. The maximum absolute atomic E-state index is 11.6. The Balaban J connectivity index is 1.88. The second kappa shape index (κ2) is 4.15. The van der Waals surface area contributed by atoms with Crippen molar-refractivity contribution in [1.29, 1.82) is 0 Å². The Hall–Kier alpha value is -0.530. The van der Waals surface area contributed by atoms with E-state index in [1.807, 2.05) is 0 Å². The summed E-state index contributed by atoms with van der Waals surface area (Å²) in [5.41, 5.74) is 0. The van der Waals surface area contributed by atoms with Crippen LogP contribution in [0.2, 0.25) is 0 Å². The zero-order valence-electron chi connectivity index (χ0n) is 7.97. The lowest BCUT2D eigenvalue weighted by Crippen LogP contribution is -2.46. The first-order valence-electron chi connectivity index (χ1n) is 4.59. The molecule has 2 atom stereocenters. The van der Waals surface area contributed by atoms with Crippen molar-refractivity contribution in [1.82, 2.24) is 10.6 Å². The fourth-order valence-electron chi connectivity index (χ4n) is 1.51. The van der Waals surface area contributed by atoms with E-state index in [-0.39, 0.29) is 23.7 Å². The van der Waals surface area contributed by atoms with Gasteiger partial charge in [0, 0.05) is 17.0 Å². The van der Waals surface area contributed by atoms with E-state index >= 15 is 0 Å². The van der Waals surface area contributed by atoms with Crippen molar-refractivity contribution in [3.8, 4) is 0 Å². The summed E-state index contributed by atoms with van der Waals surface area (Å²) in [4.78, 5) is 11.6. The van der Waals surface area contributed by atoms with Gasteiger partial charge in [-0.2, -0.15) is 0 Å². The predicted molar refractivity (Wildman–Crippen MR) is 59.1 cm³/mol. The van der Waals surface area contributed by atoms with E-state index in [0.717, 1.165) is 17.0 Å². The highest BCUT2D eigenvalue weighted by Crippen LogP contribution is 2.11. The molecule has 0 radical (unpaired) electrons. The van der Waals surface area contributed by atoms with Crippen molar-refractivity contribution < 1.29 is 13.2 Å². The number of rotatable bonds is 2. The second-order valence-electron chi connectivity index (χ2n) is 3.54. The van der Waals surface area contributed by atoms with E-state index in [9.17, 15) is 13.2 Å². The van der Waals surface area contributed by atoms with Crippen LogP contribution in [0, 0.1) is 0 Å². The number of hydrogen-bond acceptors (Lipinski definition) is 5. The van der Waals surface area contributed by atoms with Gasteiger partial charge >= 0.3 is 0 Å². The van der Waals surface area contributed by atoms with Crippen LogP contribution in [-0.4, -0.2) is 43.8 Å². The Morgan fingerprint density at radius 3 is 2.87 bits per heavy atom. The summed E-state index contributed by atoms with van der Waals surface area (Å²) in [5, 5.41) is 6.89. The van der Waals surface area contributed by atoms with E-state index < -0.39 is 9.84 Å². The van der Waals surface area contributed by atoms with Crippen molar-refractivity contribution in [2.75, 3.05) is 17.4 Å². The fourth-order valence-corrected chi connectivity index (χ4v) is 3.69. The lowest BCUT2D eigenvalue weighted by Gasteiger charge is -2.13. The average Bonchev–Trinajstić information content (AvgIpc) is 2.74. The van der Waals surface area contributed by atoms with Gasteiger partial charge in [0.2, 0.25) is 5.91 Å². The number of hydrogen-bond donors (Lipinski definition) is 2. The van der Waals surface area contributed by atoms with Gasteiger partial charge in [-0.3, -0.25) is 10.1 Å². The summed E-state index contributed by atoms with van der Waals surface area (Å²) in [6, 6.07) is -0.554. The first kappa shape index (κ1) is 11.0. The quantitative estimate of drug-likeness (QED) is 0.661. The molecule has 0 aromatic carbocycles. The van der Waals surface area contributed by atoms with Crippen molar-refractivity contribution in [2.24, 2.45) is 0 Å². The van der Waals surface area contributed by atoms with Gasteiger partial charge in [0.1, 0.15) is 0 Å². The van der Waals surface area contributed by atoms with Crippen LogP contribution in [0.3, 0.4) is 0 Å². The lowest BCUT2D eigenvalue weighted by atomic mass is 10.2. The molecule has 2 unspecified atom stereocenters. The third kappa shape index (κ3) is 2.73. The number of thioether (sulfide) groups is 1. The zero-order chi connectivity index (χ0) is 10.9. The highest BCUT2D eigenvalue weighted by atomic mass is 32.2. The molecule has 15 heavy (non-hydrogen) atoms. The third-order valence-electron chi connectivity index (χ3n) is 2.29. The monoisotopic (exact) mass is 248 g/mol. The molecule has 2 N–H and O–H groups in total. The van der Waals surface area contributed by atoms with Crippen LogP contribution in [-0.2, 0) is 14.6 Å². The molecule has 5 nitrogen and oxygen atoms in total.